The SMILES string of the molecule is COc1cc2c3c(c(NCC(F)(F)F)nc2cc1OCCCN1CCCC1)CCC3OC=O. The van der Waals surface area contributed by atoms with Gasteiger partial charge in [-0.05, 0) is 51.3 Å². The minimum atomic E-state index is -4.38. The van der Waals surface area contributed by atoms with Gasteiger partial charge in [0.2, 0.25) is 0 Å². The van der Waals surface area contributed by atoms with E-state index in [1.165, 1.54) is 20.0 Å². The van der Waals surface area contributed by atoms with Crippen LogP contribution in [0.3, 0.4) is 0 Å². The predicted octanol–water partition coefficient (Wildman–Crippen LogP) is 4.24. The monoisotopic (exact) mass is 467 g/mol. The van der Waals surface area contributed by atoms with Crippen molar-refractivity contribution in [2.75, 3.05) is 45.2 Å². The number of rotatable bonds is 10. The molecule has 1 atom stereocenters. The molecule has 1 aliphatic carbocycles. The predicted molar refractivity (Wildman–Crippen MR) is 117 cm³/mol. The van der Waals surface area contributed by atoms with Gasteiger partial charge >= 0.3 is 6.18 Å². The fourth-order valence-corrected chi connectivity index (χ4v) is 4.66. The molecular formula is C23H28F3N3O4. The van der Waals surface area contributed by atoms with Crippen molar-refractivity contribution < 1.29 is 32.2 Å². The molecule has 0 bridgehead atoms. The van der Waals surface area contributed by atoms with E-state index in [4.69, 9.17) is 14.2 Å². The van der Waals surface area contributed by atoms with Crippen LogP contribution in [0.25, 0.3) is 10.9 Å². The summed E-state index contributed by atoms with van der Waals surface area (Å²) in [7, 11) is 1.53. The lowest BCUT2D eigenvalue weighted by atomic mass is 10.0. The summed E-state index contributed by atoms with van der Waals surface area (Å²) in [5.74, 6) is 1.13. The van der Waals surface area contributed by atoms with Crippen LogP contribution in [0.2, 0.25) is 0 Å². The number of anilines is 1. The van der Waals surface area contributed by atoms with Gasteiger partial charge in [-0.1, -0.05) is 0 Å². The molecule has 0 saturated carbocycles. The van der Waals surface area contributed by atoms with Gasteiger partial charge in [-0.25, -0.2) is 4.98 Å². The fourth-order valence-electron chi connectivity index (χ4n) is 4.66. The zero-order chi connectivity index (χ0) is 23.4. The molecule has 1 fully saturated rings. The standard InChI is InChI=1S/C23H28F3N3O4/c1-31-19-11-16-17(12-20(19)32-10-4-9-29-7-2-3-8-29)28-22(27-13-23(24,25)26)15-5-6-18(21(15)16)33-14-30/h11-12,14,18H,2-10,13H2,1H3,(H,27,28). The second kappa shape index (κ2) is 10.0. The van der Waals surface area contributed by atoms with Crippen molar-refractivity contribution in [1.82, 2.24) is 9.88 Å². The number of methoxy groups -OCH3 is 1. The molecule has 1 aromatic heterocycles. The van der Waals surface area contributed by atoms with Crippen LogP contribution < -0.4 is 14.8 Å². The quantitative estimate of drug-likeness (QED) is 0.414. The summed E-state index contributed by atoms with van der Waals surface area (Å²) in [5, 5.41) is 3.09. The van der Waals surface area contributed by atoms with Crippen LogP contribution in [0.4, 0.5) is 19.0 Å². The van der Waals surface area contributed by atoms with E-state index in [1.54, 1.807) is 12.1 Å². The van der Waals surface area contributed by atoms with Crippen LogP contribution >= 0.6 is 0 Å². The number of halogens is 3. The maximum Gasteiger partial charge on any atom is 0.405 e. The lowest BCUT2D eigenvalue weighted by Gasteiger charge is -2.19. The molecule has 2 aliphatic rings. The number of ether oxygens (including phenoxy) is 3. The Morgan fingerprint density at radius 1 is 1.24 bits per heavy atom. The third-order valence-corrected chi connectivity index (χ3v) is 6.14. The van der Waals surface area contributed by atoms with E-state index in [1.807, 2.05) is 0 Å². The maximum absolute atomic E-state index is 12.9. The second-order valence-electron chi connectivity index (χ2n) is 8.35. The number of carbonyl (C=O) groups is 1. The van der Waals surface area contributed by atoms with Gasteiger partial charge in [-0.15, -0.1) is 0 Å². The zero-order valence-electron chi connectivity index (χ0n) is 18.5. The summed E-state index contributed by atoms with van der Waals surface area (Å²) >= 11 is 0. The van der Waals surface area contributed by atoms with Crippen LogP contribution in [0.5, 0.6) is 11.5 Å². The van der Waals surface area contributed by atoms with E-state index in [9.17, 15) is 18.0 Å². The van der Waals surface area contributed by atoms with Crippen molar-refractivity contribution in [3.8, 4) is 11.5 Å². The van der Waals surface area contributed by atoms with Gasteiger partial charge in [0.25, 0.3) is 6.47 Å². The van der Waals surface area contributed by atoms with Crippen molar-refractivity contribution in [2.45, 2.75) is 44.4 Å². The molecule has 33 heavy (non-hydrogen) atoms. The molecular weight excluding hydrogens is 439 g/mol. The summed E-state index contributed by atoms with van der Waals surface area (Å²) in [6.07, 6.45) is -0.687. The first kappa shape index (κ1) is 23.4. The molecule has 2 aromatic rings. The molecule has 0 amide bonds. The van der Waals surface area contributed by atoms with Crippen LogP contribution in [0, 0.1) is 0 Å². The molecule has 10 heteroatoms. The van der Waals surface area contributed by atoms with Crippen molar-refractivity contribution in [2.24, 2.45) is 0 Å². The first-order valence-electron chi connectivity index (χ1n) is 11.2. The number of carbonyl (C=O) groups excluding carboxylic acids is 1. The molecule has 1 N–H and O–H groups in total. The fraction of sp³-hybridized carbons (Fsp3) is 0.565. The highest BCUT2D eigenvalue weighted by molar-refractivity contribution is 5.90. The number of likely N-dealkylation sites (tertiary alicyclic amines) is 1. The summed E-state index contributed by atoms with van der Waals surface area (Å²) in [5.41, 5.74) is 1.74. The highest BCUT2D eigenvalue weighted by atomic mass is 19.4. The number of alkyl halides is 3. The second-order valence-corrected chi connectivity index (χ2v) is 8.35. The number of nitrogens with one attached hydrogen (secondary N) is 1. The summed E-state index contributed by atoms with van der Waals surface area (Å²) < 4.78 is 55.3. The first-order valence-corrected chi connectivity index (χ1v) is 11.2. The number of pyridine rings is 1. The molecule has 2 heterocycles. The third kappa shape index (κ3) is 5.43. The number of benzene rings is 1. The smallest absolute Gasteiger partial charge is 0.405 e. The molecule has 1 unspecified atom stereocenters. The zero-order valence-corrected chi connectivity index (χ0v) is 18.5. The minimum Gasteiger partial charge on any atom is -0.493 e. The lowest BCUT2D eigenvalue weighted by Crippen LogP contribution is -2.22. The molecule has 1 aromatic carbocycles. The Morgan fingerprint density at radius 2 is 2.03 bits per heavy atom. The summed E-state index contributed by atoms with van der Waals surface area (Å²) in [6.45, 7) is 2.84. The Hall–Kier alpha value is -2.75. The minimum absolute atomic E-state index is 0.150. The van der Waals surface area contributed by atoms with Crippen molar-refractivity contribution in [3.05, 3.63) is 23.3 Å². The Labute approximate surface area is 190 Å². The molecule has 0 radical (unpaired) electrons. The van der Waals surface area contributed by atoms with E-state index in [0.717, 1.165) is 26.1 Å². The Morgan fingerprint density at radius 3 is 2.73 bits per heavy atom. The number of hydrogen-bond acceptors (Lipinski definition) is 7. The largest absolute Gasteiger partial charge is 0.493 e. The molecule has 7 nitrogen and oxygen atoms in total. The molecule has 0 spiro atoms. The van der Waals surface area contributed by atoms with Crippen LogP contribution in [0.15, 0.2) is 12.1 Å². The van der Waals surface area contributed by atoms with E-state index >= 15 is 0 Å². The van der Waals surface area contributed by atoms with Crippen LogP contribution in [-0.2, 0) is 16.0 Å². The number of fused-ring (bicyclic) bond motifs is 3. The number of aromatic nitrogens is 1. The topological polar surface area (TPSA) is 72.9 Å². The van der Waals surface area contributed by atoms with Gasteiger partial charge in [0.15, 0.2) is 11.5 Å². The van der Waals surface area contributed by atoms with Crippen LogP contribution in [-0.4, -0.2) is 62.4 Å². The maximum atomic E-state index is 12.9. The van der Waals surface area contributed by atoms with Crippen molar-refractivity contribution in [3.63, 3.8) is 0 Å². The van der Waals surface area contributed by atoms with Crippen molar-refractivity contribution in [1.29, 1.82) is 0 Å². The average Bonchev–Trinajstić information content (AvgIpc) is 3.45. The van der Waals surface area contributed by atoms with E-state index in [-0.39, 0.29) is 5.82 Å². The van der Waals surface area contributed by atoms with E-state index < -0.39 is 18.8 Å². The number of hydrogen-bond donors (Lipinski definition) is 1. The van der Waals surface area contributed by atoms with Gasteiger partial charge < -0.3 is 24.4 Å². The van der Waals surface area contributed by atoms with Gasteiger partial charge in [0.1, 0.15) is 18.5 Å². The molecule has 180 valence electrons. The third-order valence-electron chi connectivity index (χ3n) is 6.14. The Kier molecular flexibility index (Phi) is 7.11. The highest BCUT2D eigenvalue weighted by Crippen LogP contribution is 2.44. The normalized spacial score (nSPS) is 18.4. The molecule has 1 aliphatic heterocycles. The van der Waals surface area contributed by atoms with Gasteiger partial charge in [0, 0.05) is 29.1 Å². The Bertz CT molecular complexity index is 993. The summed E-state index contributed by atoms with van der Waals surface area (Å²) in [4.78, 5) is 17.9. The summed E-state index contributed by atoms with van der Waals surface area (Å²) in [6, 6.07) is 3.44. The molecule has 4 rings (SSSR count). The van der Waals surface area contributed by atoms with E-state index in [0.29, 0.717) is 59.4 Å². The van der Waals surface area contributed by atoms with Crippen LogP contribution in [0.1, 0.15) is 42.9 Å². The average molecular weight is 467 g/mol. The van der Waals surface area contributed by atoms with Gasteiger partial charge in [-0.2, -0.15) is 13.2 Å². The number of nitrogens with zero attached hydrogens (tertiary/aromatic N) is 2. The lowest BCUT2D eigenvalue weighted by molar-refractivity contribution is -0.133. The van der Waals surface area contributed by atoms with Gasteiger partial charge in [0.05, 0.1) is 19.2 Å². The molecule has 1 saturated heterocycles. The first-order chi connectivity index (χ1) is 15.9. The highest BCUT2D eigenvalue weighted by Gasteiger charge is 2.32. The van der Waals surface area contributed by atoms with Gasteiger partial charge in [-0.3, -0.25) is 4.79 Å². The van der Waals surface area contributed by atoms with E-state index in [2.05, 4.69) is 15.2 Å². The van der Waals surface area contributed by atoms with Crippen molar-refractivity contribution >= 4 is 23.2 Å². The Balaban J connectivity index is 1.63.